The number of para-hydroxylation sites is 1. The molecule has 0 saturated heterocycles. The first-order valence-corrected chi connectivity index (χ1v) is 17.6. The van der Waals surface area contributed by atoms with Gasteiger partial charge < -0.3 is 9.52 Å². The first-order valence-electron chi connectivity index (χ1n) is 17.6. The van der Waals surface area contributed by atoms with Crippen LogP contribution in [-0.2, 0) is 36.7 Å². The molecule has 0 atom stereocenters. The zero-order chi connectivity index (χ0) is 35.0. The fourth-order valence-electron chi connectivity index (χ4n) is 6.34. The van der Waals surface area contributed by atoms with E-state index in [9.17, 15) is 9.90 Å². The second-order valence-electron chi connectivity index (χ2n) is 14.2. The predicted octanol–water partition coefficient (Wildman–Crippen LogP) is 11.9. The minimum atomic E-state index is 0. The van der Waals surface area contributed by atoms with Crippen LogP contribution < -0.4 is 0 Å². The number of carbonyl (C=O) groups is 1. The molecule has 0 aliphatic carbocycles. The van der Waals surface area contributed by atoms with Gasteiger partial charge in [-0.3, -0.25) is 9.78 Å². The van der Waals surface area contributed by atoms with Gasteiger partial charge in [-0.2, -0.15) is 0 Å². The van der Waals surface area contributed by atoms with Gasteiger partial charge in [-0.1, -0.05) is 110 Å². The molecule has 0 saturated carbocycles. The van der Waals surface area contributed by atoms with Crippen LogP contribution in [0.25, 0.3) is 44.3 Å². The quantitative estimate of drug-likeness (QED) is 0.0815. The Morgan fingerprint density at radius 3 is 2.14 bits per heavy atom. The molecule has 1 N–H and O–H groups in total. The summed E-state index contributed by atoms with van der Waals surface area (Å²) in [5.41, 5.74) is 7.19. The average Bonchev–Trinajstić information content (AvgIpc) is 3.50. The van der Waals surface area contributed by atoms with Crippen LogP contribution in [-0.4, -0.2) is 20.9 Å². The van der Waals surface area contributed by atoms with Crippen LogP contribution in [0.4, 0.5) is 0 Å². The number of ketones is 1. The van der Waals surface area contributed by atoms with E-state index in [0.717, 1.165) is 71.0 Å². The number of furan rings is 1. The normalized spacial score (nSPS) is 12.0. The largest absolute Gasteiger partial charge is 0.512 e. The van der Waals surface area contributed by atoms with Crippen molar-refractivity contribution in [2.75, 3.05) is 0 Å². The maximum atomic E-state index is 11.7. The molecule has 263 valence electrons. The van der Waals surface area contributed by atoms with Crippen molar-refractivity contribution in [3.8, 4) is 22.5 Å². The molecule has 2 heterocycles. The Morgan fingerprint density at radius 1 is 0.878 bits per heavy atom. The third-order valence-electron chi connectivity index (χ3n) is 9.19. The Labute approximate surface area is 307 Å². The summed E-state index contributed by atoms with van der Waals surface area (Å²) in [7, 11) is 0. The van der Waals surface area contributed by atoms with Crippen LogP contribution in [0, 0.1) is 23.8 Å². The predicted molar refractivity (Wildman–Crippen MR) is 200 cm³/mol. The van der Waals surface area contributed by atoms with Crippen molar-refractivity contribution < 1.29 is 34.4 Å². The Hall–Kier alpha value is -3.60. The van der Waals surface area contributed by atoms with Gasteiger partial charge in [-0.15, -0.1) is 29.1 Å². The number of hydrogen-bond acceptors (Lipinski definition) is 5. The van der Waals surface area contributed by atoms with Gasteiger partial charge >= 0.3 is 0 Å². The van der Waals surface area contributed by atoms with Crippen molar-refractivity contribution in [3.63, 3.8) is 0 Å². The summed E-state index contributed by atoms with van der Waals surface area (Å²) < 4.78 is 6.03. The Kier molecular flexibility index (Phi) is 14.5. The number of hydrogen-bond donors (Lipinski definition) is 1. The van der Waals surface area contributed by atoms with Crippen LogP contribution in [0.1, 0.15) is 99.1 Å². The average molecular weight is 838 g/mol. The zero-order valence-corrected chi connectivity index (χ0v) is 33.1. The van der Waals surface area contributed by atoms with E-state index in [-0.39, 0.29) is 48.9 Å². The fourth-order valence-corrected chi connectivity index (χ4v) is 6.34. The first kappa shape index (κ1) is 39.8. The van der Waals surface area contributed by atoms with E-state index in [4.69, 9.17) is 4.42 Å². The topological polar surface area (TPSA) is 76.2 Å². The molecule has 0 bridgehead atoms. The zero-order valence-electron chi connectivity index (χ0n) is 30.7. The Morgan fingerprint density at radius 2 is 1.51 bits per heavy atom. The summed E-state index contributed by atoms with van der Waals surface area (Å²) in [6.07, 6.45) is 9.36. The smallest absolute Gasteiger partial charge is 0.162 e. The summed E-state index contributed by atoms with van der Waals surface area (Å²) in [5.74, 6) is 1.11. The van der Waals surface area contributed by atoms with Crippen molar-refractivity contribution in [1.29, 1.82) is 0 Å². The molecule has 0 spiro atoms. The van der Waals surface area contributed by atoms with Crippen molar-refractivity contribution in [3.05, 3.63) is 96.2 Å². The molecule has 2 aromatic heterocycles. The standard InChI is InChI=1S/C30H29N2O.C13H24O2.Ir/c1-19(2)13-21-10-8-12-24-25(17-33-29(21)24)28-16-27(31-18-32-28)22-14-20-9-6-7-11-23(20)26(15-22)30(3,4)5;1-5-10(6-2)12(14)9-13(15)11(7-3)8-4;/h6-12,15-19H,13H2,1-5H3;9-11,14H,5-8H2,1-4H3;/q-1;;/b;12-9-;. The number of fused-ring (bicyclic) bond motifs is 2. The van der Waals surface area contributed by atoms with E-state index >= 15 is 0 Å². The van der Waals surface area contributed by atoms with Crippen LogP contribution in [0.2, 0.25) is 0 Å². The molecule has 0 unspecified atom stereocenters. The number of carbonyl (C=O) groups excluding carboxylic acids is 1. The molecule has 1 radical (unpaired) electrons. The van der Waals surface area contributed by atoms with Crippen molar-refractivity contribution in [2.45, 2.75) is 99.8 Å². The third-order valence-corrected chi connectivity index (χ3v) is 9.19. The van der Waals surface area contributed by atoms with Gasteiger partial charge in [-0.25, -0.2) is 4.98 Å². The van der Waals surface area contributed by atoms with E-state index in [1.807, 2.05) is 40.0 Å². The Bertz CT molecular complexity index is 1860. The molecule has 5 rings (SSSR count). The SMILES string of the molecule is CC(C)Cc1cccc2c(-c3cc(-c4[c-]c5ccccc5c(C(C)(C)C)c4)ncn3)coc12.CCC(CC)C(=O)/C=C(\O)C(CC)CC.[Ir]. The summed E-state index contributed by atoms with van der Waals surface area (Å²) in [4.78, 5) is 20.9. The molecule has 0 fully saturated rings. The molecule has 3 aromatic carbocycles. The number of aliphatic hydroxyl groups is 1. The molecule has 0 aliphatic rings. The van der Waals surface area contributed by atoms with E-state index < -0.39 is 0 Å². The first-order chi connectivity index (χ1) is 22.9. The van der Waals surface area contributed by atoms with E-state index in [1.54, 1.807) is 6.33 Å². The van der Waals surface area contributed by atoms with Crippen molar-refractivity contribution in [2.24, 2.45) is 17.8 Å². The van der Waals surface area contributed by atoms with E-state index in [1.165, 1.54) is 22.6 Å². The Balaban J connectivity index is 0.000000347. The number of rotatable bonds is 11. The van der Waals surface area contributed by atoms with Gasteiger partial charge in [0.05, 0.1) is 11.5 Å². The van der Waals surface area contributed by atoms with Gasteiger partial charge in [0.2, 0.25) is 0 Å². The third kappa shape index (κ3) is 9.77. The molecule has 5 nitrogen and oxygen atoms in total. The summed E-state index contributed by atoms with van der Waals surface area (Å²) >= 11 is 0. The van der Waals surface area contributed by atoms with Crippen LogP contribution in [0.5, 0.6) is 0 Å². The minimum Gasteiger partial charge on any atom is -0.512 e. The summed E-state index contributed by atoms with van der Waals surface area (Å²) in [6.45, 7) is 19.3. The monoisotopic (exact) mass is 838 g/mol. The summed E-state index contributed by atoms with van der Waals surface area (Å²) in [6, 6.07) is 22.7. The second-order valence-corrected chi connectivity index (χ2v) is 14.2. The van der Waals surface area contributed by atoms with Crippen LogP contribution in [0.15, 0.2) is 83.4 Å². The van der Waals surface area contributed by atoms with E-state index in [2.05, 4.69) is 99.2 Å². The van der Waals surface area contributed by atoms with Crippen molar-refractivity contribution in [1.82, 2.24) is 9.97 Å². The molecular formula is C43H53IrN2O3-. The van der Waals surface area contributed by atoms with E-state index in [0.29, 0.717) is 5.92 Å². The fraction of sp³-hybridized carbons (Fsp3) is 0.419. The van der Waals surface area contributed by atoms with Gasteiger partial charge in [0.1, 0.15) is 18.2 Å². The number of allylic oxidation sites excluding steroid dienone is 2. The molecule has 6 heteroatoms. The van der Waals surface area contributed by atoms with Crippen LogP contribution in [0.3, 0.4) is 0 Å². The van der Waals surface area contributed by atoms with Gasteiger partial charge in [0.15, 0.2) is 5.78 Å². The van der Waals surface area contributed by atoms with Gasteiger partial charge in [-0.05, 0) is 55.1 Å². The van der Waals surface area contributed by atoms with Gasteiger partial charge in [0.25, 0.3) is 0 Å². The number of benzene rings is 3. The summed E-state index contributed by atoms with van der Waals surface area (Å²) in [5, 5.41) is 13.2. The molecular weight excluding hydrogens is 785 g/mol. The maximum Gasteiger partial charge on any atom is 0.162 e. The number of aromatic nitrogens is 2. The molecule has 5 aromatic rings. The second kappa shape index (κ2) is 17.9. The molecule has 49 heavy (non-hydrogen) atoms. The van der Waals surface area contributed by atoms with Crippen molar-refractivity contribution >= 4 is 27.5 Å². The molecule has 0 aliphatic heterocycles. The number of nitrogens with zero attached hydrogens (tertiary/aromatic N) is 2. The van der Waals surface area contributed by atoms with Gasteiger partial charge in [0, 0.05) is 54.7 Å². The molecule has 0 amide bonds. The number of aliphatic hydroxyl groups excluding tert-OH is 1. The maximum absolute atomic E-state index is 11.7. The van der Waals surface area contributed by atoms with Crippen LogP contribution >= 0.6 is 0 Å². The minimum absolute atomic E-state index is 0.